The molecule has 0 saturated carbocycles. The minimum atomic E-state index is -4.45. The number of aromatic amines is 1. The van der Waals surface area contributed by atoms with Crippen LogP contribution >= 0.6 is 11.8 Å². The van der Waals surface area contributed by atoms with Gasteiger partial charge in [-0.05, 0) is 37.6 Å². The lowest BCUT2D eigenvalue weighted by atomic mass is 10.2. The molecule has 32 heavy (non-hydrogen) atoms. The summed E-state index contributed by atoms with van der Waals surface area (Å²) in [4.78, 5) is 16.9. The summed E-state index contributed by atoms with van der Waals surface area (Å²) >= 11 is 1.18. The van der Waals surface area contributed by atoms with Gasteiger partial charge in [0.25, 0.3) is 0 Å². The normalized spacial score (nSPS) is 11.8. The first-order valence-corrected chi connectivity index (χ1v) is 10.8. The summed E-state index contributed by atoms with van der Waals surface area (Å²) < 4.78 is 41.3. The number of H-pyrrole nitrogens is 1. The van der Waals surface area contributed by atoms with Crippen LogP contribution in [-0.2, 0) is 17.5 Å². The molecule has 0 unspecified atom stereocenters. The largest absolute Gasteiger partial charge is 0.416 e. The summed E-state index contributed by atoms with van der Waals surface area (Å²) in [5.74, 6) is -0.203. The molecule has 10 heteroatoms. The Morgan fingerprint density at radius 1 is 1.16 bits per heavy atom. The maximum atomic E-state index is 13.2. The van der Waals surface area contributed by atoms with Crippen LogP contribution in [0.5, 0.6) is 0 Å². The molecule has 0 spiro atoms. The number of nitrogens with zero attached hydrogens (tertiary/aromatic N) is 3. The van der Waals surface area contributed by atoms with Crippen molar-refractivity contribution in [3.05, 3.63) is 71.0 Å². The topological polar surface area (TPSA) is 75.6 Å². The SMILES string of the molecule is Cc1n[nH]c(C)c1NC(=O)CSc1nc2cc(C(F)(F)F)ccc2n1Cc1ccccc1. The summed E-state index contributed by atoms with van der Waals surface area (Å²) in [5.41, 5.74) is 3.08. The number of rotatable bonds is 6. The number of amides is 1. The monoisotopic (exact) mass is 459 g/mol. The minimum Gasteiger partial charge on any atom is -0.322 e. The van der Waals surface area contributed by atoms with Crippen LogP contribution in [0.1, 0.15) is 22.5 Å². The van der Waals surface area contributed by atoms with Crippen molar-refractivity contribution in [2.45, 2.75) is 31.7 Å². The van der Waals surface area contributed by atoms with Crippen LogP contribution in [0.4, 0.5) is 18.9 Å². The summed E-state index contributed by atoms with van der Waals surface area (Å²) in [5, 5.41) is 10.2. The Kier molecular flexibility index (Phi) is 5.96. The van der Waals surface area contributed by atoms with Crippen LogP contribution in [0, 0.1) is 13.8 Å². The van der Waals surface area contributed by atoms with Gasteiger partial charge in [-0.15, -0.1) is 0 Å². The van der Waals surface area contributed by atoms with Crippen molar-refractivity contribution >= 4 is 34.4 Å². The van der Waals surface area contributed by atoms with E-state index in [9.17, 15) is 18.0 Å². The molecule has 4 rings (SSSR count). The first-order valence-electron chi connectivity index (χ1n) is 9.78. The number of nitrogens with one attached hydrogen (secondary N) is 2. The third kappa shape index (κ3) is 4.64. The number of imidazole rings is 1. The fraction of sp³-hybridized carbons (Fsp3) is 0.227. The van der Waals surface area contributed by atoms with Crippen LogP contribution in [0.3, 0.4) is 0 Å². The predicted octanol–water partition coefficient (Wildman–Crippen LogP) is 5.17. The van der Waals surface area contributed by atoms with Crippen LogP contribution in [-0.4, -0.2) is 31.4 Å². The first kappa shape index (κ1) is 21.9. The van der Waals surface area contributed by atoms with Crippen molar-refractivity contribution in [1.82, 2.24) is 19.7 Å². The molecule has 2 heterocycles. The average Bonchev–Trinajstić information content (AvgIpc) is 3.26. The lowest BCUT2D eigenvalue weighted by Gasteiger charge is -2.10. The lowest BCUT2D eigenvalue weighted by molar-refractivity contribution is -0.137. The van der Waals surface area contributed by atoms with Crippen molar-refractivity contribution in [3.63, 3.8) is 0 Å². The smallest absolute Gasteiger partial charge is 0.322 e. The van der Waals surface area contributed by atoms with E-state index in [2.05, 4.69) is 20.5 Å². The highest BCUT2D eigenvalue weighted by Gasteiger charge is 2.31. The predicted molar refractivity (Wildman–Crippen MR) is 118 cm³/mol. The molecule has 0 bridgehead atoms. The van der Waals surface area contributed by atoms with E-state index >= 15 is 0 Å². The zero-order valence-corrected chi connectivity index (χ0v) is 18.1. The van der Waals surface area contributed by atoms with E-state index in [1.54, 1.807) is 13.8 Å². The van der Waals surface area contributed by atoms with Gasteiger partial charge in [-0.25, -0.2) is 4.98 Å². The second kappa shape index (κ2) is 8.70. The number of fused-ring (bicyclic) bond motifs is 1. The highest BCUT2D eigenvalue weighted by molar-refractivity contribution is 7.99. The number of anilines is 1. The lowest BCUT2D eigenvalue weighted by Crippen LogP contribution is -2.15. The number of carbonyl (C=O) groups excluding carboxylic acids is 1. The van der Waals surface area contributed by atoms with Crippen molar-refractivity contribution in [1.29, 1.82) is 0 Å². The second-order valence-electron chi connectivity index (χ2n) is 7.31. The molecule has 2 aromatic carbocycles. The summed E-state index contributed by atoms with van der Waals surface area (Å²) in [6, 6.07) is 13.1. The highest BCUT2D eigenvalue weighted by Crippen LogP contribution is 2.33. The molecule has 2 aromatic heterocycles. The molecule has 0 aliphatic rings. The Balaban J connectivity index is 1.62. The molecule has 2 N–H and O–H groups in total. The third-order valence-corrected chi connectivity index (χ3v) is 5.93. The molecule has 0 aliphatic carbocycles. The van der Waals surface area contributed by atoms with E-state index < -0.39 is 11.7 Å². The van der Waals surface area contributed by atoms with Crippen molar-refractivity contribution < 1.29 is 18.0 Å². The van der Waals surface area contributed by atoms with Crippen molar-refractivity contribution in [3.8, 4) is 0 Å². The molecule has 6 nitrogen and oxygen atoms in total. The molecule has 0 saturated heterocycles. The number of carbonyl (C=O) groups is 1. The van der Waals surface area contributed by atoms with Crippen molar-refractivity contribution in [2.24, 2.45) is 0 Å². The Morgan fingerprint density at radius 3 is 2.56 bits per heavy atom. The first-order chi connectivity index (χ1) is 15.2. The van der Waals surface area contributed by atoms with Gasteiger partial charge in [-0.2, -0.15) is 18.3 Å². The molecular formula is C22H20F3N5OS. The fourth-order valence-electron chi connectivity index (χ4n) is 3.35. The minimum absolute atomic E-state index is 0.0499. The van der Waals surface area contributed by atoms with Crippen molar-refractivity contribution in [2.75, 3.05) is 11.1 Å². The standard InChI is InChI=1S/C22H20F3N5OS/c1-13-20(14(2)29-28-13)27-19(31)12-32-21-26-17-10-16(22(23,24)25)8-9-18(17)30(21)11-15-6-4-3-5-7-15/h3-10H,11-12H2,1-2H3,(H,27,31)(H,28,29). The number of aryl methyl sites for hydroxylation is 2. The summed E-state index contributed by atoms with van der Waals surface area (Å²) in [6.45, 7) is 4.01. The quantitative estimate of drug-likeness (QED) is 0.390. The number of benzene rings is 2. The molecule has 0 fully saturated rings. The molecule has 166 valence electrons. The van der Waals surface area contributed by atoms with E-state index in [-0.39, 0.29) is 17.2 Å². The van der Waals surface area contributed by atoms with E-state index in [1.165, 1.54) is 17.8 Å². The van der Waals surface area contributed by atoms with E-state index in [1.807, 2.05) is 34.9 Å². The van der Waals surface area contributed by atoms with Gasteiger partial charge in [0.15, 0.2) is 5.16 Å². The fourth-order valence-corrected chi connectivity index (χ4v) is 4.17. The molecule has 0 radical (unpaired) electrons. The number of thioether (sulfide) groups is 1. The van der Waals surface area contributed by atoms with Gasteiger partial charge >= 0.3 is 6.18 Å². The Morgan fingerprint density at radius 2 is 1.91 bits per heavy atom. The zero-order valence-electron chi connectivity index (χ0n) is 17.3. The van der Waals surface area contributed by atoms with Gasteiger partial charge in [0, 0.05) is 0 Å². The van der Waals surface area contributed by atoms with Gasteiger partial charge < -0.3 is 9.88 Å². The van der Waals surface area contributed by atoms with Gasteiger partial charge in [-0.1, -0.05) is 42.1 Å². The maximum absolute atomic E-state index is 13.2. The molecule has 4 aromatic rings. The number of hydrogen-bond donors (Lipinski definition) is 2. The van der Waals surface area contributed by atoms with E-state index in [4.69, 9.17) is 0 Å². The zero-order chi connectivity index (χ0) is 22.9. The second-order valence-corrected chi connectivity index (χ2v) is 8.26. The third-order valence-electron chi connectivity index (χ3n) is 4.95. The van der Waals surface area contributed by atoms with Crippen LogP contribution in [0.25, 0.3) is 11.0 Å². The summed E-state index contributed by atoms with van der Waals surface area (Å²) in [6.07, 6.45) is -4.45. The Labute approximate surface area is 186 Å². The van der Waals surface area contributed by atoms with Gasteiger partial charge in [0.1, 0.15) is 0 Å². The number of aromatic nitrogens is 4. The number of halogens is 3. The molecular weight excluding hydrogens is 439 g/mol. The van der Waals surface area contributed by atoms with E-state index in [0.717, 1.165) is 23.4 Å². The molecule has 0 atom stereocenters. The van der Waals surface area contributed by atoms with Gasteiger partial charge in [0.05, 0.1) is 46.0 Å². The Hall–Kier alpha value is -3.27. The number of alkyl halides is 3. The molecule has 1 amide bonds. The summed E-state index contributed by atoms with van der Waals surface area (Å²) in [7, 11) is 0. The maximum Gasteiger partial charge on any atom is 0.416 e. The van der Waals surface area contributed by atoms with Crippen LogP contribution < -0.4 is 5.32 Å². The highest BCUT2D eigenvalue weighted by atomic mass is 32.2. The van der Waals surface area contributed by atoms with Crippen LogP contribution in [0.15, 0.2) is 53.7 Å². The van der Waals surface area contributed by atoms with Gasteiger partial charge in [-0.3, -0.25) is 9.89 Å². The molecule has 0 aliphatic heterocycles. The van der Waals surface area contributed by atoms with Gasteiger partial charge in [0.2, 0.25) is 5.91 Å². The van der Waals surface area contributed by atoms with Crippen LogP contribution in [0.2, 0.25) is 0 Å². The number of hydrogen-bond acceptors (Lipinski definition) is 4. The van der Waals surface area contributed by atoms with E-state index in [0.29, 0.717) is 28.6 Å². The average molecular weight is 459 g/mol. The Bertz CT molecular complexity index is 1240.